The van der Waals surface area contributed by atoms with Crippen LogP contribution in [0, 0.1) is 0 Å². The minimum Gasteiger partial charge on any atom is -0.488 e. The standard InChI is InChI=1S/C17H18N2O2/c1-18-10-11-19-15-8-4-2-6-13(15)12-21-16-9-5-3-7-14(16)17(19)20/h2-9,18H,10-12H2,1H3. The second kappa shape index (κ2) is 5.97. The van der Waals surface area contributed by atoms with Crippen molar-refractivity contribution in [2.45, 2.75) is 6.61 Å². The molecule has 4 heteroatoms. The van der Waals surface area contributed by atoms with Gasteiger partial charge in [-0.2, -0.15) is 0 Å². The first-order valence-electron chi connectivity index (χ1n) is 7.07. The highest BCUT2D eigenvalue weighted by Crippen LogP contribution is 2.30. The van der Waals surface area contributed by atoms with Crippen LogP contribution < -0.4 is 15.0 Å². The SMILES string of the molecule is CNCCN1C(=O)c2ccccc2OCc2ccccc21. The molecule has 21 heavy (non-hydrogen) atoms. The Balaban J connectivity index is 2.07. The van der Waals surface area contributed by atoms with Crippen molar-refractivity contribution in [2.24, 2.45) is 0 Å². The number of hydrogen-bond donors (Lipinski definition) is 1. The molecule has 2 aromatic carbocycles. The average Bonchev–Trinajstić information content (AvgIpc) is 2.53. The van der Waals surface area contributed by atoms with Gasteiger partial charge in [-0.3, -0.25) is 4.79 Å². The van der Waals surface area contributed by atoms with Gasteiger partial charge in [0.15, 0.2) is 0 Å². The number of anilines is 1. The third-order valence-electron chi connectivity index (χ3n) is 3.61. The van der Waals surface area contributed by atoms with Gasteiger partial charge in [0, 0.05) is 18.7 Å². The fourth-order valence-electron chi connectivity index (χ4n) is 2.52. The lowest BCUT2D eigenvalue weighted by Crippen LogP contribution is -2.38. The number of nitrogens with zero attached hydrogens (tertiary/aromatic N) is 1. The largest absolute Gasteiger partial charge is 0.488 e. The molecule has 2 aromatic rings. The molecular formula is C17H18N2O2. The Morgan fingerprint density at radius 2 is 1.90 bits per heavy atom. The van der Waals surface area contributed by atoms with Crippen LogP contribution >= 0.6 is 0 Å². The van der Waals surface area contributed by atoms with E-state index >= 15 is 0 Å². The van der Waals surface area contributed by atoms with Gasteiger partial charge in [0.2, 0.25) is 0 Å². The molecule has 0 atom stereocenters. The van der Waals surface area contributed by atoms with Crippen LogP contribution in [0.25, 0.3) is 0 Å². The first kappa shape index (κ1) is 13.6. The Hall–Kier alpha value is -2.33. The van der Waals surface area contributed by atoms with E-state index in [1.165, 1.54) is 0 Å². The maximum absolute atomic E-state index is 12.9. The van der Waals surface area contributed by atoms with Crippen LogP contribution in [0.5, 0.6) is 5.75 Å². The number of likely N-dealkylation sites (N-methyl/N-ethyl adjacent to an activating group) is 1. The molecule has 1 heterocycles. The molecule has 0 bridgehead atoms. The summed E-state index contributed by atoms with van der Waals surface area (Å²) in [6.07, 6.45) is 0. The fraction of sp³-hybridized carbons (Fsp3) is 0.235. The van der Waals surface area contributed by atoms with Crippen LogP contribution in [0.2, 0.25) is 0 Å². The Morgan fingerprint density at radius 3 is 2.76 bits per heavy atom. The molecule has 0 spiro atoms. The van der Waals surface area contributed by atoms with Crippen LogP contribution in [0.4, 0.5) is 5.69 Å². The fourth-order valence-corrected chi connectivity index (χ4v) is 2.52. The Labute approximate surface area is 124 Å². The number of ether oxygens (including phenoxy) is 1. The van der Waals surface area contributed by atoms with Crippen molar-refractivity contribution >= 4 is 11.6 Å². The van der Waals surface area contributed by atoms with E-state index in [9.17, 15) is 4.79 Å². The van der Waals surface area contributed by atoms with Gasteiger partial charge in [0.25, 0.3) is 5.91 Å². The second-order valence-electron chi connectivity index (χ2n) is 4.97. The highest BCUT2D eigenvalue weighted by atomic mass is 16.5. The van der Waals surface area contributed by atoms with Gasteiger partial charge >= 0.3 is 0 Å². The van der Waals surface area contributed by atoms with Crippen LogP contribution in [0.15, 0.2) is 48.5 Å². The van der Waals surface area contributed by atoms with Crippen molar-refractivity contribution < 1.29 is 9.53 Å². The zero-order chi connectivity index (χ0) is 14.7. The van der Waals surface area contributed by atoms with Gasteiger partial charge in [-0.05, 0) is 25.2 Å². The highest BCUT2D eigenvalue weighted by molar-refractivity contribution is 6.08. The molecule has 1 N–H and O–H groups in total. The maximum atomic E-state index is 12.9. The van der Waals surface area contributed by atoms with Crippen LogP contribution in [-0.4, -0.2) is 26.0 Å². The molecule has 4 nitrogen and oxygen atoms in total. The third kappa shape index (κ3) is 2.62. The Morgan fingerprint density at radius 1 is 1.14 bits per heavy atom. The smallest absolute Gasteiger partial charge is 0.262 e. The summed E-state index contributed by atoms with van der Waals surface area (Å²) in [6, 6.07) is 15.3. The topological polar surface area (TPSA) is 41.6 Å². The molecule has 108 valence electrons. The van der Waals surface area contributed by atoms with Crippen molar-refractivity contribution in [3.8, 4) is 5.75 Å². The van der Waals surface area contributed by atoms with Gasteiger partial charge in [-0.15, -0.1) is 0 Å². The van der Waals surface area contributed by atoms with Crippen LogP contribution in [0.1, 0.15) is 15.9 Å². The number of amides is 1. The summed E-state index contributed by atoms with van der Waals surface area (Å²) in [6.45, 7) is 1.83. The van der Waals surface area contributed by atoms with Crippen molar-refractivity contribution in [2.75, 3.05) is 25.0 Å². The van der Waals surface area contributed by atoms with Gasteiger partial charge in [-0.25, -0.2) is 0 Å². The molecule has 0 saturated carbocycles. The molecule has 3 rings (SSSR count). The number of benzene rings is 2. The lowest BCUT2D eigenvalue weighted by atomic mass is 10.1. The number of fused-ring (bicyclic) bond motifs is 2. The monoisotopic (exact) mass is 282 g/mol. The predicted molar refractivity (Wildman–Crippen MR) is 82.8 cm³/mol. The van der Waals surface area contributed by atoms with E-state index in [1.807, 2.05) is 60.5 Å². The van der Waals surface area contributed by atoms with E-state index < -0.39 is 0 Å². The van der Waals surface area contributed by atoms with Crippen molar-refractivity contribution in [3.05, 3.63) is 59.7 Å². The summed E-state index contributed by atoms with van der Waals surface area (Å²) in [4.78, 5) is 14.7. The highest BCUT2D eigenvalue weighted by Gasteiger charge is 2.25. The zero-order valence-corrected chi connectivity index (χ0v) is 12.0. The molecule has 0 fully saturated rings. The van der Waals surface area contributed by atoms with Gasteiger partial charge in [-0.1, -0.05) is 30.3 Å². The molecule has 0 unspecified atom stereocenters. The number of para-hydroxylation sites is 2. The van der Waals surface area contributed by atoms with Crippen molar-refractivity contribution in [1.29, 1.82) is 0 Å². The molecule has 0 aliphatic carbocycles. The van der Waals surface area contributed by atoms with Gasteiger partial charge in [0.05, 0.1) is 11.3 Å². The number of carbonyl (C=O) groups excluding carboxylic acids is 1. The molecule has 1 aliphatic heterocycles. The molecule has 0 radical (unpaired) electrons. The summed E-state index contributed by atoms with van der Waals surface area (Å²) in [5.74, 6) is 0.625. The zero-order valence-electron chi connectivity index (χ0n) is 12.0. The average molecular weight is 282 g/mol. The first-order chi connectivity index (χ1) is 10.3. The lowest BCUT2D eigenvalue weighted by molar-refractivity contribution is 0.0979. The lowest BCUT2D eigenvalue weighted by Gasteiger charge is -2.28. The summed E-state index contributed by atoms with van der Waals surface area (Å²) >= 11 is 0. The third-order valence-corrected chi connectivity index (χ3v) is 3.61. The van der Waals surface area contributed by atoms with E-state index in [0.29, 0.717) is 24.5 Å². The normalized spacial score (nSPS) is 13.8. The number of rotatable bonds is 3. The molecule has 0 aromatic heterocycles. The number of carbonyl (C=O) groups is 1. The minimum absolute atomic E-state index is 0.0204. The summed E-state index contributed by atoms with van der Waals surface area (Å²) in [5, 5.41) is 3.10. The van der Waals surface area contributed by atoms with Gasteiger partial charge < -0.3 is 15.0 Å². The summed E-state index contributed by atoms with van der Waals surface area (Å²) in [7, 11) is 1.89. The number of hydrogen-bond acceptors (Lipinski definition) is 3. The summed E-state index contributed by atoms with van der Waals surface area (Å²) in [5.41, 5.74) is 2.56. The van der Waals surface area contributed by atoms with E-state index in [2.05, 4.69) is 5.32 Å². The Kier molecular flexibility index (Phi) is 3.88. The molecule has 0 saturated heterocycles. The predicted octanol–water partition coefficient (Wildman–Crippen LogP) is 2.45. The maximum Gasteiger partial charge on any atom is 0.262 e. The second-order valence-corrected chi connectivity index (χ2v) is 4.97. The van der Waals surface area contributed by atoms with E-state index in [-0.39, 0.29) is 5.91 Å². The van der Waals surface area contributed by atoms with E-state index in [4.69, 9.17) is 4.74 Å². The van der Waals surface area contributed by atoms with E-state index in [1.54, 1.807) is 0 Å². The van der Waals surface area contributed by atoms with Crippen molar-refractivity contribution in [3.63, 3.8) is 0 Å². The van der Waals surface area contributed by atoms with Crippen LogP contribution in [0.3, 0.4) is 0 Å². The minimum atomic E-state index is -0.0204. The number of nitrogens with one attached hydrogen (secondary N) is 1. The van der Waals surface area contributed by atoms with E-state index in [0.717, 1.165) is 17.8 Å². The quantitative estimate of drug-likeness (QED) is 0.940. The van der Waals surface area contributed by atoms with Crippen molar-refractivity contribution in [1.82, 2.24) is 5.32 Å². The Bertz CT molecular complexity index is 655. The molecular weight excluding hydrogens is 264 g/mol. The van der Waals surface area contributed by atoms with Gasteiger partial charge in [0.1, 0.15) is 12.4 Å². The van der Waals surface area contributed by atoms with Crippen LogP contribution in [-0.2, 0) is 6.61 Å². The first-order valence-corrected chi connectivity index (χ1v) is 7.07. The summed E-state index contributed by atoms with van der Waals surface area (Å²) < 4.78 is 5.82. The molecule has 1 aliphatic rings. The molecule has 1 amide bonds.